The highest BCUT2D eigenvalue weighted by molar-refractivity contribution is 5.95. The van der Waals surface area contributed by atoms with Gasteiger partial charge in [0.2, 0.25) is 0 Å². The number of hydrogen-bond donors (Lipinski definition) is 0. The Kier molecular flexibility index (Phi) is 5.25. The van der Waals surface area contributed by atoms with Gasteiger partial charge in [-0.2, -0.15) is 0 Å². The Morgan fingerprint density at radius 2 is 1.92 bits per heavy atom. The van der Waals surface area contributed by atoms with E-state index in [1.807, 2.05) is 11.8 Å². The van der Waals surface area contributed by atoms with Crippen LogP contribution in [0.15, 0.2) is 30.5 Å². The Balaban J connectivity index is 1.75. The maximum atomic E-state index is 13.0. The highest BCUT2D eigenvalue weighted by atomic mass is 16.2. The monoisotopic (exact) mass is 352 g/mol. The lowest BCUT2D eigenvalue weighted by Crippen LogP contribution is -2.54. The number of benzene rings is 1. The molecule has 1 fully saturated rings. The first-order valence-corrected chi connectivity index (χ1v) is 9.33. The van der Waals surface area contributed by atoms with Gasteiger partial charge in [-0.15, -0.1) is 0 Å². The largest absolute Gasteiger partial charge is 0.367 e. The highest BCUT2D eigenvalue weighted by Crippen LogP contribution is 2.24. The number of para-hydroxylation sites is 1. The number of carbonyl (C=O) groups excluding carboxylic acids is 1. The van der Waals surface area contributed by atoms with Gasteiger partial charge in [0.05, 0.1) is 11.3 Å². The average Bonchev–Trinajstić information content (AvgIpc) is 2.61. The Labute approximate surface area is 156 Å². The minimum Gasteiger partial charge on any atom is -0.367 e. The van der Waals surface area contributed by atoms with Crippen molar-refractivity contribution >= 4 is 11.6 Å². The van der Waals surface area contributed by atoms with Crippen LogP contribution in [0.25, 0.3) is 0 Å². The molecule has 1 atom stereocenters. The number of rotatable bonds is 3. The van der Waals surface area contributed by atoms with Crippen molar-refractivity contribution in [2.75, 3.05) is 24.5 Å². The van der Waals surface area contributed by atoms with E-state index in [2.05, 4.69) is 66.8 Å². The first kappa shape index (κ1) is 18.4. The fraction of sp³-hybridized carbons (Fsp3) is 0.476. The summed E-state index contributed by atoms with van der Waals surface area (Å²) in [6.45, 7) is 12.6. The molecule has 26 heavy (non-hydrogen) atoms. The molecule has 2 heterocycles. The van der Waals surface area contributed by atoms with Crippen LogP contribution in [-0.2, 0) is 0 Å². The van der Waals surface area contributed by atoms with E-state index in [9.17, 15) is 4.79 Å². The Morgan fingerprint density at radius 3 is 2.54 bits per heavy atom. The molecule has 0 aliphatic carbocycles. The van der Waals surface area contributed by atoms with Crippen LogP contribution in [0.1, 0.15) is 54.1 Å². The standard InChI is InChI=1S/C21H28N4O/c1-14(2)20-22-12-18(17(5)23-20)21(26)25-11-10-24(13-16(25)4)19-9-7-6-8-15(19)3/h6-9,12,14,16H,10-11,13H2,1-5H3/t16-/m1/s1. The number of carbonyl (C=O) groups is 1. The van der Waals surface area contributed by atoms with Gasteiger partial charge in [-0.25, -0.2) is 9.97 Å². The predicted molar refractivity (Wildman–Crippen MR) is 105 cm³/mol. The number of amides is 1. The summed E-state index contributed by atoms with van der Waals surface area (Å²) in [6.07, 6.45) is 1.69. The molecule has 1 aliphatic rings. The summed E-state index contributed by atoms with van der Waals surface area (Å²) in [5, 5.41) is 0. The summed E-state index contributed by atoms with van der Waals surface area (Å²) in [6, 6.07) is 8.56. The van der Waals surface area contributed by atoms with Crippen molar-refractivity contribution in [3.05, 3.63) is 53.1 Å². The van der Waals surface area contributed by atoms with Crippen LogP contribution < -0.4 is 4.90 Å². The molecule has 1 aliphatic heterocycles. The molecule has 1 aromatic carbocycles. The Hall–Kier alpha value is -2.43. The van der Waals surface area contributed by atoms with E-state index in [0.29, 0.717) is 12.1 Å². The number of anilines is 1. The Morgan fingerprint density at radius 1 is 1.19 bits per heavy atom. The molecule has 5 nitrogen and oxygen atoms in total. The summed E-state index contributed by atoms with van der Waals surface area (Å²) in [4.78, 5) is 26.3. The van der Waals surface area contributed by atoms with Crippen molar-refractivity contribution in [3.8, 4) is 0 Å². The normalized spacial score (nSPS) is 17.7. The van der Waals surface area contributed by atoms with E-state index in [0.717, 1.165) is 24.6 Å². The maximum Gasteiger partial charge on any atom is 0.257 e. The third-order valence-electron chi connectivity index (χ3n) is 5.09. The summed E-state index contributed by atoms with van der Waals surface area (Å²) in [7, 11) is 0. The molecule has 0 saturated carbocycles. The average molecular weight is 352 g/mol. The molecule has 0 radical (unpaired) electrons. The van der Waals surface area contributed by atoms with E-state index in [1.54, 1.807) is 6.20 Å². The molecule has 0 unspecified atom stereocenters. The first-order chi connectivity index (χ1) is 12.4. The molecule has 0 N–H and O–H groups in total. The second-order valence-corrected chi connectivity index (χ2v) is 7.46. The molecular weight excluding hydrogens is 324 g/mol. The molecule has 0 spiro atoms. The van der Waals surface area contributed by atoms with E-state index >= 15 is 0 Å². The van der Waals surface area contributed by atoms with Crippen molar-refractivity contribution in [1.29, 1.82) is 0 Å². The number of aryl methyl sites for hydroxylation is 2. The van der Waals surface area contributed by atoms with Gasteiger partial charge < -0.3 is 9.80 Å². The quantitative estimate of drug-likeness (QED) is 0.847. The van der Waals surface area contributed by atoms with Crippen LogP contribution in [-0.4, -0.2) is 46.5 Å². The zero-order valence-electron chi connectivity index (χ0n) is 16.4. The lowest BCUT2D eigenvalue weighted by molar-refractivity contribution is 0.0672. The minimum atomic E-state index is 0.0368. The number of nitrogens with zero attached hydrogens (tertiary/aromatic N) is 4. The topological polar surface area (TPSA) is 49.3 Å². The van der Waals surface area contributed by atoms with Crippen LogP contribution in [0, 0.1) is 13.8 Å². The zero-order chi connectivity index (χ0) is 18.8. The van der Waals surface area contributed by atoms with E-state index in [-0.39, 0.29) is 17.9 Å². The molecule has 2 aromatic rings. The van der Waals surface area contributed by atoms with Gasteiger partial charge in [-0.05, 0) is 32.4 Å². The van der Waals surface area contributed by atoms with Crippen molar-refractivity contribution in [2.24, 2.45) is 0 Å². The fourth-order valence-corrected chi connectivity index (χ4v) is 3.52. The second-order valence-electron chi connectivity index (χ2n) is 7.46. The Bertz CT molecular complexity index is 802. The van der Waals surface area contributed by atoms with Crippen LogP contribution in [0.4, 0.5) is 5.69 Å². The van der Waals surface area contributed by atoms with Gasteiger partial charge in [0.1, 0.15) is 5.82 Å². The SMILES string of the molecule is Cc1ccccc1N1CCN(C(=O)c2cnc(C(C)C)nc2C)[C@H](C)C1. The summed E-state index contributed by atoms with van der Waals surface area (Å²) < 4.78 is 0. The third kappa shape index (κ3) is 3.57. The van der Waals surface area contributed by atoms with Gasteiger partial charge in [0.15, 0.2) is 0 Å². The van der Waals surface area contributed by atoms with Crippen LogP contribution >= 0.6 is 0 Å². The van der Waals surface area contributed by atoms with Crippen LogP contribution in [0.2, 0.25) is 0 Å². The first-order valence-electron chi connectivity index (χ1n) is 9.33. The summed E-state index contributed by atoms with van der Waals surface area (Å²) in [5.74, 6) is 1.08. The molecule has 1 aromatic heterocycles. The van der Waals surface area contributed by atoms with E-state index < -0.39 is 0 Å². The van der Waals surface area contributed by atoms with Crippen LogP contribution in [0.3, 0.4) is 0 Å². The van der Waals surface area contributed by atoms with Crippen molar-refractivity contribution < 1.29 is 4.79 Å². The lowest BCUT2D eigenvalue weighted by Gasteiger charge is -2.41. The van der Waals surface area contributed by atoms with E-state index in [4.69, 9.17) is 0 Å². The molecule has 1 amide bonds. The number of hydrogen-bond acceptors (Lipinski definition) is 4. The molecule has 138 valence electrons. The highest BCUT2D eigenvalue weighted by Gasteiger charge is 2.30. The van der Waals surface area contributed by atoms with Crippen molar-refractivity contribution in [2.45, 2.75) is 46.6 Å². The molecule has 0 bridgehead atoms. The zero-order valence-corrected chi connectivity index (χ0v) is 16.4. The third-order valence-corrected chi connectivity index (χ3v) is 5.09. The van der Waals surface area contributed by atoms with E-state index in [1.165, 1.54) is 11.3 Å². The molecule has 1 saturated heterocycles. The van der Waals surface area contributed by atoms with Gasteiger partial charge >= 0.3 is 0 Å². The molecule has 5 heteroatoms. The van der Waals surface area contributed by atoms with Gasteiger partial charge in [0.25, 0.3) is 5.91 Å². The lowest BCUT2D eigenvalue weighted by atomic mass is 10.1. The minimum absolute atomic E-state index is 0.0368. The predicted octanol–water partition coefficient (Wildman–Crippen LogP) is 3.57. The van der Waals surface area contributed by atoms with Crippen molar-refractivity contribution in [1.82, 2.24) is 14.9 Å². The molecule has 3 rings (SSSR count). The summed E-state index contributed by atoms with van der Waals surface area (Å²) >= 11 is 0. The van der Waals surface area contributed by atoms with Crippen molar-refractivity contribution in [3.63, 3.8) is 0 Å². The second kappa shape index (κ2) is 7.44. The number of piperazine rings is 1. The van der Waals surface area contributed by atoms with Gasteiger partial charge in [-0.3, -0.25) is 4.79 Å². The van der Waals surface area contributed by atoms with Crippen LogP contribution in [0.5, 0.6) is 0 Å². The fourth-order valence-electron chi connectivity index (χ4n) is 3.52. The molecular formula is C21H28N4O. The number of aromatic nitrogens is 2. The van der Waals surface area contributed by atoms with Gasteiger partial charge in [-0.1, -0.05) is 32.0 Å². The van der Waals surface area contributed by atoms with Gasteiger partial charge in [0, 0.05) is 43.5 Å². The smallest absolute Gasteiger partial charge is 0.257 e. The maximum absolute atomic E-state index is 13.0. The summed E-state index contributed by atoms with van der Waals surface area (Å²) in [5.41, 5.74) is 3.91.